The number of halogens is 1. The maximum absolute atomic E-state index is 6.25. The summed E-state index contributed by atoms with van der Waals surface area (Å²) in [7, 11) is 0. The lowest BCUT2D eigenvalue weighted by molar-refractivity contribution is 0.306. The van der Waals surface area contributed by atoms with Crippen LogP contribution in [0.2, 0.25) is 5.02 Å². The van der Waals surface area contributed by atoms with Crippen LogP contribution < -0.4 is 4.74 Å². The number of hydrogen-bond donors (Lipinski definition) is 0. The number of nitrogens with zero attached hydrogens (tertiary/aromatic N) is 2. The molecule has 0 radical (unpaired) electrons. The van der Waals surface area contributed by atoms with E-state index < -0.39 is 0 Å². The summed E-state index contributed by atoms with van der Waals surface area (Å²) < 4.78 is 17.3. The van der Waals surface area contributed by atoms with Gasteiger partial charge in [-0.1, -0.05) is 53.7 Å². The molecule has 5 nitrogen and oxygen atoms in total. The van der Waals surface area contributed by atoms with Gasteiger partial charge in [0.25, 0.3) is 0 Å². The number of furan rings is 2. The standard InChI is InChI=1S/C25H19ClN2O3S/c26-19-9-3-1-8-18(19)16-31-20-10-4-2-7-17(20)15-27-25-28-23(21-11-5-13-29-21)24(32-25)22-12-6-14-30-22/h1-15,23-24H,16H2/t23-,24-/m0/s1. The molecule has 2 aromatic heterocycles. The fourth-order valence-electron chi connectivity index (χ4n) is 3.41. The average molecular weight is 463 g/mol. The highest BCUT2D eigenvalue weighted by molar-refractivity contribution is 8.14. The number of aliphatic imine (C=N–C) groups is 2. The Balaban J connectivity index is 1.35. The molecule has 2 atom stereocenters. The second kappa shape index (κ2) is 9.51. The molecule has 32 heavy (non-hydrogen) atoms. The first-order valence-corrected chi connectivity index (χ1v) is 11.3. The molecule has 0 fully saturated rings. The lowest BCUT2D eigenvalue weighted by Crippen LogP contribution is -2.00. The zero-order chi connectivity index (χ0) is 21.8. The Kier molecular flexibility index (Phi) is 6.14. The van der Waals surface area contributed by atoms with E-state index in [1.165, 1.54) is 0 Å². The lowest BCUT2D eigenvalue weighted by Gasteiger charge is -2.11. The maximum Gasteiger partial charge on any atom is 0.184 e. The van der Waals surface area contributed by atoms with E-state index in [2.05, 4.69) is 4.99 Å². The quantitative estimate of drug-likeness (QED) is 0.286. The van der Waals surface area contributed by atoms with E-state index in [4.69, 9.17) is 30.2 Å². The zero-order valence-electron chi connectivity index (χ0n) is 16.9. The highest BCUT2D eigenvalue weighted by atomic mass is 35.5. The molecular weight excluding hydrogens is 444 g/mol. The molecule has 160 valence electrons. The van der Waals surface area contributed by atoms with Crippen molar-refractivity contribution in [3.8, 4) is 5.75 Å². The molecule has 1 aliphatic heterocycles. The second-order valence-corrected chi connectivity index (χ2v) is 8.62. The summed E-state index contributed by atoms with van der Waals surface area (Å²) in [5, 5.41) is 1.31. The van der Waals surface area contributed by atoms with Gasteiger partial charge in [0.05, 0.1) is 12.5 Å². The monoisotopic (exact) mass is 462 g/mol. The summed E-state index contributed by atoms with van der Waals surface area (Å²) in [6, 6.07) is 22.8. The van der Waals surface area contributed by atoms with Crippen LogP contribution in [0, 0.1) is 0 Å². The van der Waals surface area contributed by atoms with Crippen LogP contribution in [0.5, 0.6) is 5.75 Å². The number of rotatable bonds is 6. The van der Waals surface area contributed by atoms with Crippen molar-refractivity contribution in [3.05, 3.63) is 113 Å². The zero-order valence-corrected chi connectivity index (χ0v) is 18.5. The summed E-state index contributed by atoms with van der Waals surface area (Å²) in [4.78, 5) is 9.43. The van der Waals surface area contributed by atoms with E-state index in [1.807, 2.05) is 72.8 Å². The van der Waals surface area contributed by atoms with Crippen molar-refractivity contribution < 1.29 is 13.6 Å². The van der Waals surface area contributed by atoms with E-state index in [9.17, 15) is 0 Å². The number of amidine groups is 1. The molecule has 0 aliphatic carbocycles. The highest BCUT2D eigenvalue weighted by Gasteiger charge is 2.36. The van der Waals surface area contributed by atoms with Crippen LogP contribution in [0.3, 0.4) is 0 Å². The SMILES string of the molecule is Clc1ccccc1COc1ccccc1C=NC1=N[C@@H](c2ccco2)[C@H](c2ccco2)S1. The molecule has 0 bridgehead atoms. The van der Waals surface area contributed by atoms with Crippen molar-refractivity contribution in [3.63, 3.8) is 0 Å². The van der Waals surface area contributed by atoms with Gasteiger partial charge in [-0.25, -0.2) is 9.98 Å². The van der Waals surface area contributed by atoms with Crippen LogP contribution in [-0.4, -0.2) is 11.4 Å². The highest BCUT2D eigenvalue weighted by Crippen LogP contribution is 2.49. The predicted octanol–water partition coefficient (Wildman–Crippen LogP) is 7.11. The first-order chi connectivity index (χ1) is 15.8. The topological polar surface area (TPSA) is 60.2 Å². The molecule has 0 unspecified atom stereocenters. The first kappa shape index (κ1) is 20.7. The van der Waals surface area contributed by atoms with Crippen LogP contribution in [0.25, 0.3) is 0 Å². The van der Waals surface area contributed by atoms with Gasteiger partial charge in [0.15, 0.2) is 5.17 Å². The Labute approximate surface area is 194 Å². The summed E-state index contributed by atoms with van der Waals surface area (Å²) in [6.45, 7) is 0.376. The molecule has 0 amide bonds. The summed E-state index contributed by atoms with van der Waals surface area (Å²) in [6.07, 6.45) is 5.10. The third-order valence-corrected chi connectivity index (χ3v) is 6.54. The van der Waals surface area contributed by atoms with Crippen LogP contribution in [0.1, 0.15) is 33.9 Å². The number of thioether (sulfide) groups is 1. The average Bonchev–Trinajstić information content (AvgIpc) is 3.59. The van der Waals surface area contributed by atoms with Crippen LogP contribution in [-0.2, 0) is 6.61 Å². The fraction of sp³-hybridized carbons (Fsp3) is 0.120. The van der Waals surface area contributed by atoms with Gasteiger partial charge in [0.2, 0.25) is 0 Å². The Morgan fingerprint density at radius 1 is 0.938 bits per heavy atom. The Bertz CT molecular complexity index is 1240. The summed E-state index contributed by atoms with van der Waals surface area (Å²) in [5.74, 6) is 2.35. The van der Waals surface area contributed by atoms with Gasteiger partial charge in [-0.15, -0.1) is 0 Å². The molecule has 2 aromatic carbocycles. The molecule has 0 N–H and O–H groups in total. The second-order valence-electron chi connectivity index (χ2n) is 7.10. The van der Waals surface area contributed by atoms with E-state index in [0.29, 0.717) is 16.8 Å². The number of benzene rings is 2. The van der Waals surface area contributed by atoms with Crippen molar-refractivity contribution in [2.75, 3.05) is 0 Å². The molecule has 5 rings (SSSR count). The van der Waals surface area contributed by atoms with Crippen molar-refractivity contribution in [1.29, 1.82) is 0 Å². The lowest BCUT2D eigenvalue weighted by atomic mass is 10.1. The van der Waals surface area contributed by atoms with Crippen LogP contribution in [0.15, 0.2) is 104 Å². The Morgan fingerprint density at radius 3 is 2.47 bits per heavy atom. The molecule has 1 aliphatic rings. The Morgan fingerprint density at radius 2 is 1.69 bits per heavy atom. The maximum atomic E-state index is 6.25. The Hall–Kier alpha value is -3.22. The van der Waals surface area contributed by atoms with Crippen molar-refractivity contribution in [2.24, 2.45) is 9.98 Å². The predicted molar refractivity (Wildman–Crippen MR) is 128 cm³/mol. The first-order valence-electron chi connectivity index (χ1n) is 10.1. The molecule has 0 saturated carbocycles. The minimum Gasteiger partial charge on any atom is -0.488 e. The van der Waals surface area contributed by atoms with Crippen LogP contribution >= 0.6 is 23.4 Å². The third kappa shape index (κ3) is 4.52. The minimum atomic E-state index is -0.194. The van der Waals surface area contributed by atoms with Gasteiger partial charge in [0, 0.05) is 22.4 Å². The number of ether oxygens (including phenoxy) is 1. The fourth-order valence-corrected chi connectivity index (χ4v) is 4.69. The van der Waals surface area contributed by atoms with E-state index in [0.717, 1.165) is 28.4 Å². The number of para-hydroxylation sites is 1. The molecule has 7 heteroatoms. The van der Waals surface area contributed by atoms with E-state index in [1.54, 1.807) is 30.5 Å². The van der Waals surface area contributed by atoms with Crippen molar-refractivity contribution in [2.45, 2.75) is 17.9 Å². The number of hydrogen-bond acceptors (Lipinski definition) is 6. The molecule has 0 spiro atoms. The molecular formula is C25H19ClN2O3S. The van der Waals surface area contributed by atoms with Crippen LogP contribution in [0.4, 0.5) is 0 Å². The van der Waals surface area contributed by atoms with Crippen molar-refractivity contribution >= 4 is 34.7 Å². The van der Waals surface area contributed by atoms with Gasteiger partial charge in [0.1, 0.15) is 35.2 Å². The summed E-state index contributed by atoms with van der Waals surface area (Å²) >= 11 is 7.80. The van der Waals surface area contributed by atoms with Gasteiger partial charge in [-0.05, 0) is 42.5 Å². The van der Waals surface area contributed by atoms with Gasteiger partial charge in [-0.3, -0.25) is 0 Å². The van der Waals surface area contributed by atoms with E-state index in [-0.39, 0.29) is 11.3 Å². The third-order valence-electron chi connectivity index (χ3n) is 5.00. The minimum absolute atomic E-state index is 0.0324. The molecule has 3 heterocycles. The molecule has 4 aromatic rings. The van der Waals surface area contributed by atoms with Gasteiger partial charge < -0.3 is 13.6 Å². The van der Waals surface area contributed by atoms with Gasteiger partial charge >= 0.3 is 0 Å². The smallest absolute Gasteiger partial charge is 0.184 e. The normalized spacial score (nSPS) is 18.2. The van der Waals surface area contributed by atoms with Crippen molar-refractivity contribution in [1.82, 2.24) is 0 Å². The molecule has 0 saturated heterocycles. The summed E-state index contributed by atoms with van der Waals surface area (Å²) in [5.41, 5.74) is 1.79. The van der Waals surface area contributed by atoms with Gasteiger partial charge in [-0.2, -0.15) is 0 Å². The van der Waals surface area contributed by atoms with E-state index >= 15 is 0 Å². The largest absolute Gasteiger partial charge is 0.488 e.